The van der Waals surface area contributed by atoms with E-state index in [-0.39, 0.29) is 0 Å². The summed E-state index contributed by atoms with van der Waals surface area (Å²) in [5.41, 5.74) is 6.23. The molecule has 0 amide bonds. The lowest BCUT2D eigenvalue weighted by Gasteiger charge is -2.11. The van der Waals surface area contributed by atoms with Crippen LogP contribution in [0.4, 0.5) is 0 Å². The topological polar surface area (TPSA) is 56.2 Å². The first kappa shape index (κ1) is 14.9. The summed E-state index contributed by atoms with van der Waals surface area (Å²) in [6, 6.07) is 18.5. The average molecular weight is 332 g/mol. The molecule has 0 saturated carbocycles. The van der Waals surface area contributed by atoms with Crippen LogP contribution in [0.15, 0.2) is 72.0 Å². The van der Waals surface area contributed by atoms with Gasteiger partial charge in [-0.05, 0) is 54.3 Å². The maximum Gasteiger partial charge on any atom is 0.137 e. The number of benzene rings is 1. The van der Waals surface area contributed by atoms with Crippen LogP contribution in [-0.2, 0) is 0 Å². The monoisotopic (exact) mass is 332 g/mol. The zero-order chi connectivity index (χ0) is 16.5. The zero-order valence-electron chi connectivity index (χ0n) is 13.2. The van der Waals surface area contributed by atoms with Crippen molar-refractivity contribution in [1.82, 2.24) is 14.4 Å². The van der Waals surface area contributed by atoms with Gasteiger partial charge in [-0.15, -0.1) is 0 Å². The van der Waals surface area contributed by atoms with Crippen molar-refractivity contribution in [2.24, 2.45) is 5.14 Å². The van der Waals surface area contributed by atoms with Crippen LogP contribution in [0.25, 0.3) is 28.0 Å². The highest BCUT2D eigenvalue weighted by Crippen LogP contribution is 2.31. The second kappa shape index (κ2) is 6.11. The van der Waals surface area contributed by atoms with Crippen LogP contribution in [-0.4, -0.2) is 14.4 Å². The molecule has 118 valence electrons. The van der Waals surface area contributed by atoms with Gasteiger partial charge >= 0.3 is 0 Å². The molecule has 2 N–H and O–H groups in total. The molecule has 0 aliphatic rings. The second-order valence-corrected chi connectivity index (χ2v) is 6.22. The number of pyridine rings is 2. The Hall–Kier alpha value is -2.63. The highest BCUT2D eigenvalue weighted by Gasteiger charge is 2.10. The van der Waals surface area contributed by atoms with Crippen molar-refractivity contribution in [3.8, 4) is 22.4 Å². The summed E-state index contributed by atoms with van der Waals surface area (Å²) in [7, 11) is 0. The number of fused-ring (bicyclic) bond motifs is 1. The Morgan fingerprint density at radius 1 is 0.958 bits per heavy atom. The summed E-state index contributed by atoms with van der Waals surface area (Å²) in [4.78, 5) is 9.04. The maximum absolute atomic E-state index is 5.73. The van der Waals surface area contributed by atoms with Crippen molar-refractivity contribution in [3.63, 3.8) is 0 Å². The first-order valence-electron chi connectivity index (χ1n) is 7.63. The summed E-state index contributed by atoms with van der Waals surface area (Å²) in [5, 5.41) is 6.65. The number of nitrogens with two attached hydrogens (primary N) is 1. The van der Waals surface area contributed by atoms with Crippen LogP contribution in [0.1, 0.15) is 5.69 Å². The molecule has 0 bridgehead atoms. The molecule has 0 radical (unpaired) electrons. The molecule has 5 heteroatoms. The van der Waals surface area contributed by atoms with Gasteiger partial charge in [-0.3, -0.25) is 14.5 Å². The molecule has 0 spiro atoms. The number of hydrogen-bond donors (Lipinski definition) is 1. The van der Waals surface area contributed by atoms with Crippen molar-refractivity contribution in [2.45, 2.75) is 11.9 Å². The van der Waals surface area contributed by atoms with Crippen molar-refractivity contribution < 1.29 is 0 Å². The fraction of sp³-hybridized carbons (Fsp3) is 0.0526. The van der Waals surface area contributed by atoms with Gasteiger partial charge in [0.15, 0.2) is 0 Å². The number of hydrogen-bond acceptors (Lipinski definition) is 4. The van der Waals surface area contributed by atoms with Gasteiger partial charge in [-0.25, -0.2) is 4.98 Å². The first-order chi connectivity index (χ1) is 11.8. The Morgan fingerprint density at radius 3 is 2.58 bits per heavy atom. The van der Waals surface area contributed by atoms with Crippen LogP contribution in [0.5, 0.6) is 0 Å². The van der Waals surface area contributed by atoms with E-state index in [1.165, 1.54) is 11.9 Å². The van der Waals surface area contributed by atoms with E-state index in [4.69, 9.17) is 5.14 Å². The largest absolute Gasteiger partial charge is 0.293 e. The zero-order valence-corrected chi connectivity index (χ0v) is 14.0. The third-order valence-corrected chi connectivity index (χ3v) is 4.54. The van der Waals surface area contributed by atoms with Gasteiger partial charge < -0.3 is 0 Å². The van der Waals surface area contributed by atoms with Gasteiger partial charge in [0.1, 0.15) is 10.7 Å². The molecule has 24 heavy (non-hydrogen) atoms. The van der Waals surface area contributed by atoms with Crippen LogP contribution in [0.3, 0.4) is 0 Å². The minimum atomic E-state index is 0.887. The lowest BCUT2D eigenvalue weighted by molar-refractivity contribution is 1.05. The fourth-order valence-electron chi connectivity index (χ4n) is 2.86. The van der Waals surface area contributed by atoms with Crippen molar-refractivity contribution in [2.75, 3.05) is 0 Å². The van der Waals surface area contributed by atoms with Gasteiger partial charge in [0, 0.05) is 17.5 Å². The molecule has 0 aliphatic heterocycles. The van der Waals surface area contributed by atoms with Crippen LogP contribution < -0.4 is 5.14 Å². The molecule has 0 fully saturated rings. The summed E-state index contributed by atoms with van der Waals surface area (Å²) < 4.78 is 2.01. The predicted molar refractivity (Wildman–Crippen MR) is 98.6 cm³/mol. The number of rotatable bonds is 3. The van der Waals surface area contributed by atoms with Crippen LogP contribution >= 0.6 is 11.9 Å². The summed E-state index contributed by atoms with van der Waals surface area (Å²) >= 11 is 1.20. The van der Waals surface area contributed by atoms with E-state index >= 15 is 0 Å². The second-order valence-electron chi connectivity index (χ2n) is 5.57. The normalized spacial score (nSPS) is 11.1. The maximum atomic E-state index is 5.73. The Labute approximate surface area is 144 Å². The van der Waals surface area contributed by atoms with E-state index in [2.05, 4.69) is 34.4 Å². The minimum absolute atomic E-state index is 0.887. The van der Waals surface area contributed by atoms with Gasteiger partial charge in [-0.2, -0.15) is 0 Å². The molecular formula is C19H16N4S. The first-order valence-corrected chi connectivity index (χ1v) is 8.51. The van der Waals surface area contributed by atoms with E-state index in [0.29, 0.717) is 0 Å². The Balaban J connectivity index is 1.91. The highest BCUT2D eigenvalue weighted by molar-refractivity contribution is 7.97. The van der Waals surface area contributed by atoms with E-state index in [1.54, 1.807) is 6.20 Å². The van der Waals surface area contributed by atoms with Crippen LogP contribution in [0, 0.1) is 6.92 Å². The Bertz CT molecular complexity index is 1020. The Kier molecular flexibility index (Phi) is 3.80. The molecule has 0 saturated heterocycles. The minimum Gasteiger partial charge on any atom is -0.293 e. The highest BCUT2D eigenvalue weighted by atomic mass is 32.2. The van der Waals surface area contributed by atoms with E-state index in [9.17, 15) is 0 Å². The van der Waals surface area contributed by atoms with Crippen molar-refractivity contribution in [1.29, 1.82) is 0 Å². The van der Waals surface area contributed by atoms with E-state index < -0.39 is 0 Å². The molecule has 4 aromatic rings. The molecule has 3 heterocycles. The van der Waals surface area contributed by atoms with Gasteiger partial charge in [0.2, 0.25) is 0 Å². The third-order valence-electron chi connectivity index (χ3n) is 3.99. The van der Waals surface area contributed by atoms with Gasteiger partial charge in [0.25, 0.3) is 0 Å². The van der Waals surface area contributed by atoms with Crippen molar-refractivity contribution in [3.05, 3.63) is 72.7 Å². The molecule has 1 aromatic carbocycles. The molecule has 4 nitrogen and oxygen atoms in total. The smallest absolute Gasteiger partial charge is 0.137 e. The van der Waals surface area contributed by atoms with Gasteiger partial charge in [-0.1, -0.05) is 30.3 Å². The number of imidazole rings is 1. The average Bonchev–Trinajstić information content (AvgIpc) is 3.04. The predicted octanol–water partition coefficient (Wildman–Crippen LogP) is 4.34. The third kappa shape index (κ3) is 2.58. The molecule has 3 aromatic heterocycles. The van der Waals surface area contributed by atoms with E-state index in [1.807, 2.05) is 47.7 Å². The van der Waals surface area contributed by atoms with Crippen molar-refractivity contribution >= 4 is 17.6 Å². The molecule has 0 atom stereocenters. The summed E-state index contributed by atoms with van der Waals surface area (Å²) in [6.45, 7) is 2.01. The standard InChI is InChI=1S/C19H16N4S/c1-13-5-4-8-17(22-13)16-7-3-2-6-15(16)14-9-10-18-21-11-19(24-20)23(18)12-14/h2-12H,20H2,1H3. The number of aryl methyl sites for hydroxylation is 1. The Morgan fingerprint density at radius 2 is 1.79 bits per heavy atom. The lowest BCUT2D eigenvalue weighted by atomic mass is 9.98. The summed E-state index contributed by atoms with van der Waals surface area (Å²) in [5.74, 6) is 0. The van der Waals surface area contributed by atoms with E-state index in [0.717, 1.165) is 38.8 Å². The molecule has 4 rings (SSSR count). The van der Waals surface area contributed by atoms with Gasteiger partial charge in [0.05, 0.1) is 11.9 Å². The fourth-order valence-corrected chi connectivity index (χ4v) is 3.23. The molecule has 0 unspecified atom stereocenters. The molecule has 0 aliphatic carbocycles. The number of nitrogens with zero attached hydrogens (tertiary/aromatic N) is 3. The van der Waals surface area contributed by atoms with Crippen LogP contribution in [0.2, 0.25) is 0 Å². The lowest BCUT2D eigenvalue weighted by Crippen LogP contribution is -1.93. The number of aromatic nitrogens is 3. The molecular weight excluding hydrogens is 316 g/mol. The summed E-state index contributed by atoms with van der Waals surface area (Å²) in [6.07, 6.45) is 3.87. The quantitative estimate of drug-likeness (QED) is 0.567. The SMILES string of the molecule is Cc1cccc(-c2ccccc2-c2ccc3ncc(SN)n3c2)n1.